The summed E-state index contributed by atoms with van der Waals surface area (Å²) in [4.78, 5) is 28.9. The first-order valence-electron chi connectivity index (χ1n) is 9.58. The van der Waals surface area contributed by atoms with Crippen molar-refractivity contribution in [1.82, 2.24) is 24.5 Å². The van der Waals surface area contributed by atoms with Crippen molar-refractivity contribution in [3.8, 4) is 28.6 Å². The Morgan fingerprint density at radius 3 is 2.74 bits per heavy atom. The normalized spacial score (nSPS) is 10.7. The average molecular weight is 413 g/mol. The predicted octanol–water partition coefficient (Wildman–Crippen LogP) is 1.97. The van der Waals surface area contributed by atoms with E-state index in [-0.39, 0.29) is 23.0 Å². The van der Waals surface area contributed by atoms with Gasteiger partial charge < -0.3 is 15.6 Å². The molecule has 1 amide bonds. The molecule has 4 aromatic rings. The molecule has 0 aliphatic carbocycles. The molecule has 1 aromatic carbocycles. The van der Waals surface area contributed by atoms with Gasteiger partial charge in [-0.2, -0.15) is 10.4 Å². The fourth-order valence-electron chi connectivity index (χ4n) is 3.36. The number of amides is 1. The maximum absolute atomic E-state index is 12.4. The summed E-state index contributed by atoms with van der Waals surface area (Å²) in [6.45, 7) is 2.28. The number of anilines is 1. The number of carbonyl (C=O) groups excluding carboxylic acids is 1. The van der Waals surface area contributed by atoms with Crippen molar-refractivity contribution < 1.29 is 4.79 Å². The Morgan fingerprint density at radius 2 is 2.03 bits per heavy atom. The van der Waals surface area contributed by atoms with Gasteiger partial charge in [0.2, 0.25) is 5.56 Å². The molecular formula is C22H19N7O2. The van der Waals surface area contributed by atoms with Gasteiger partial charge >= 0.3 is 0 Å². The zero-order valence-corrected chi connectivity index (χ0v) is 17.0. The largest absolute Gasteiger partial charge is 0.382 e. The number of nitrogens with one attached hydrogen (secondary N) is 1. The highest BCUT2D eigenvalue weighted by molar-refractivity contribution is 5.95. The number of rotatable bonds is 4. The van der Waals surface area contributed by atoms with Crippen LogP contribution >= 0.6 is 0 Å². The SMILES string of the molecule is CCNC(=O)c1cc2c(N)nc(-c3cccc(C#N)c3)c(-c3ccc(=O)n(C)c3)n2n1. The first-order valence-corrected chi connectivity index (χ1v) is 9.58. The number of nitrogen functional groups attached to an aromatic ring is 1. The highest BCUT2D eigenvalue weighted by atomic mass is 16.2. The minimum Gasteiger partial charge on any atom is -0.382 e. The number of nitrogens with two attached hydrogens (primary N) is 1. The van der Waals surface area contributed by atoms with Gasteiger partial charge in [-0.05, 0) is 25.1 Å². The molecule has 0 bridgehead atoms. The maximum atomic E-state index is 12.4. The highest BCUT2D eigenvalue weighted by Gasteiger charge is 2.21. The van der Waals surface area contributed by atoms with Crippen molar-refractivity contribution in [2.75, 3.05) is 12.3 Å². The van der Waals surface area contributed by atoms with E-state index in [4.69, 9.17) is 5.73 Å². The molecule has 0 spiro atoms. The molecule has 9 nitrogen and oxygen atoms in total. The fourth-order valence-corrected chi connectivity index (χ4v) is 3.36. The lowest BCUT2D eigenvalue weighted by Gasteiger charge is -2.14. The van der Waals surface area contributed by atoms with Crippen LogP contribution in [0.25, 0.3) is 28.0 Å². The van der Waals surface area contributed by atoms with Crippen LogP contribution in [-0.2, 0) is 7.05 Å². The lowest BCUT2D eigenvalue weighted by Crippen LogP contribution is -2.23. The maximum Gasteiger partial charge on any atom is 0.271 e. The van der Waals surface area contributed by atoms with Gasteiger partial charge in [0.05, 0.1) is 17.3 Å². The Morgan fingerprint density at radius 1 is 1.23 bits per heavy atom. The van der Waals surface area contributed by atoms with Crippen LogP contribution in [0.1, 0.15) is 23.0 Å². The minimum absolute atomic E-state index is 0.167. The van der Waals surface area contributed by atoms with Crippen LogP contribution in [0.4, 0.5) is 5.82 Å². The first-order chi connectivity index (χ1) is 14.9. The predicted molar refractivity (Wildman–Crippen MR) is 116 cm³/mol. The van der Waals surface area contributed by atoms with Crippen LogP contribution in [0.5, 0.6) is 0 Å². The van der Waals surface area contributed by atoms with Gasteiger partial charge in [-0.1, -0.05) is 12.1 Å². The molecule has 154 valence electrons. The molecule has 0 atom stereocenters. The number of hydrogen-bond acceptors (Lipinski definition) is 6. The van der Waals surface area contributed by atoms with Gasteiger partial charge in [0.25, 0.3) is 5.91 Å². The number of fused-ring (bicyclic) bond motifs is 1. The second-order valence-electron chi connectivity index (χ2n) is 6.94. The third-order valence-electron chi connectivity index (χ3n) is 4.83. The van der Waals surface area contributed by atoms with Crippen molar-refractivity contribution in [3.05, 3.63) is 70.3 Å². The van der Waals surface area contributed by atoms with Crippen molar-refractivity contribution >= 4 is 17.2 Å². The number of pyridine rings is 1. The number of aryl methyl sites for hydroxylation is 1. The molecule has 0 unspecified atom stereocenters. The molecule has 3 heterocycles. The molecule has 4 rings (SSSR count). The van der Waals surface area contributed by atoms with Gasteiger partial charge in [-0.3, -0.25) is 9.59 Å². The Kier molecular flexibility index (Phi) is 4.97. The van der Waals surface area contributed by atoms with Gasteiger partial charge in [0, 0.05) is 43.0 Å². The quantitative estimate of drug-likeness (QED) is 0.526. The Balaban J connectivity index is 2.08. The molecule has 0 radical (unpaired) electrons. The zero-order valence-electron chi connectivity index (χ0n) is 17.0. The van der Waals surface area contributed by atoms with Crippen LogP contribution in [-0.4, -0.2) is 31.6 Å². The molecule has 31 heavy (non-hydrogen) atoms. The summed E-state index contributed by atoms with van der Waals surface area (Å²) >= 11 is 0. The molecule has 0 saturated heterocycles. The van der Waals surface area contributed by atoms with E-state index < -0.39 is 0 Å². The second kappa shape index (κ2) is 7.76. The van der Waals surface area contributed by atoms with E-state index in [1.165, 1.54) is 10.6 Å². The number of aromatic nitrogens is 4. The summed E-state index contributed by atoms with van der Waals surface area (Å²) in [5.74, 6) is -0.140. The molecule has 9 heteroatoms. The summed E-state index contributed by atoms with van der Waals surface area (Å²) < 4.78 is 3.00. The molecule has 3 N–H and O–H groups in total. The first kappa shape index (κ1) is 19.8. The van der Waals surface area contributed by atoms with E-state index in [0.717, 1.165) is 0 Å². The molecule has 0 saturated carbocycles. The van der Waals surface area contributed by atoms with Crippen molar-refractivity contribution in [1.29, 1.82) is 5.26 Å². The Hall–Kier alpha value is -4.45. The van der Waals surface area contributed by atoms with Crippen molar-refractivity contribution in [3.63, 3.8) is 0 Å². The van der Waals surface area contributed by atoms with Gasteiger partial charge in [0.15, 0.2) is 5.69 Å². The molecule has 0 aliphatic heterocycles. The van der Waals surface area contributed by atoms with E-state index in [1.807, 2.05) is 13.0 Å². The summed E-state index contributed by atoms with van der Waals surface area (Å²) in [5.41, 5.74) is 9.53. The summed E-state index contributed by atoms with van der Waals surface area (Å²) in [7, 11) is 1.65. The van der Waals surface area contributed by atoms with Crippen molar-refractivity contribution in [2.24, 2.45) is 7.05 Å². The number of nitrogens with zero attached hydrogens (tertiary/aromatic N) is 5. The molecular weight excluding hydrogens is 394 g/mol. The third-order valence-corrected chi connectivity index (χ3v) is 4.83. The van der Waals surface area contributed by atoms with Crippen LogP contribution in [0.3, 0.4) is 0 Å². The molecule has 3 aromatic heterocycles. The van der Waals surface area contributed by atoms with E-state index in [2.05, 4.69) is 21.5 Å². The second-order valence-corrected chi connectivity index (χ2v) is 6.94. The van der Waals surface area contributed by atoms with Gasteiger partial charge in [-0.25, -0.2) is 9.50 Å². The number of hydrogen-bond donors (Lipinski definition) is 2. The number of benzene rings is 1. The average Bonchev–Trinajstić information content (AvgIpc) is 3.22. The Labute approximate surface area is 177 Å². The van der Waals surface area contributed by atoms with E-state index in [1.54, 1.807) is 48.1 Å². The topological polar surface area (TPSA) is 131 Å². The summed E-state index contributed by atoms with van der Waals surface area (Å²) in [6.07, 6.45) is 1.67. The van der Waals surface area contributed by atoms with Crippen LogP contribution in [0.15, 0.2) is 53.5 Å². The lowest BCUT2D eigenvalue weighted by molar-refractivity contribution is 0.0950. The minimum atomic E-state index is -0.329. The molecule has 0 aliphatic rings. The van der Waals surface area contributed by atoms with Crippen LogP contribution in [0.2, 0.25) is 0 Å². The zero-order chi connectivity index (χ0) is 22.1. The highest BCUT2D eigenvalue weighted by Crippen LogP contribution is 2.33. The standard InChI is InChI=1S/C22H19N7O2/c1-3-25-22(31)16-10-17-21(24)26-19(14-6-4-5-13(9-14)11-23)20(29(17)27-16)15-7-8-18(30)28(2)12-15/h4-10,12H,3H2,1-2H3,(H2,24,26)(H,25,31). The van der Waals surface area contributed by atoms with Crippen molar-refractivity contribution in [2.45, 2.75) is 6.92 Å². The lowest BCUT2D eigenvalue weighted by atomic mass is 10.0. The summed E-state index contributed by atoms with van der Waals surface area (Å²) in [6, 6.07) is 13.8. The fraction of sp³-hybridized carbons (Fsp3) is 0.136. The van der Waals surface area contributed by atoms with E-state index in [9.17, 15) is 14.9 Å². The summed E-state index contributed by atoms with van der Waals surface area (Å²) in [5, 5.41) is 16.5. The van der Waals surface area contributed by atoms with Crippen LogP contribution in [0, 0.1) is 11.3 Å². The Bertz CT molecular complexity index is 1430. The monoisotopic (exact) mass is 413 g/mol. The molecule has 0 fully saturated rings. The third kappa shape index (κ3) is 3.51. The number of carbonyl (C=O) groups is 1. The number of nitriles is 1. The van der Waals surface area contributed by atoms with E-state index in [0.29, 0.717) is 40.1 Å². The van der Waals surface area contributed by atoms with Gasteiger partial charge in [0.1, 0.15) is 17.0 Å². The van der Waals surface area contributed by atoms with E-state index >= 15 is 0 Å². The van der Waals surface area contributed by atoms with Crippen LogP contribution < -0.4 is 16.6 Å². The smallest absolute Gasteiger partial charge is 0.271 e. The van der Waals surface area contributed by atoms with Gasteiger partial charge in [-0.15, -0.1) is 0 Å².